The van der Waals surface area contributed by atoms with Crippen molar-refractivity contribution in [3.8, 4) is 0 Å². The molecule has 0 radical (unpaired) electrons. The van der Waals surface area contributed by atoms with Crippen LogP contribution in [0.1, 0.15) is 26.7 Å². The number of esters is 1. The summed E-state index contributed by atoms with van der Waals surface area (Å²) < 4.78 is 12.2. The van der Waals surface area contributed by atoms with E-state index in [1.165, 1.54) is 0 Å². The van der Waals surface area contributed by atoms with Crippen molar-refractivity contribution in [1.82, 2.24) is 9.88 Å². The summed E-state index contributed by atoms with van der Waals surface area (Å²) in [4.78, 5) is 33.6. The lowest BCUT2D eigenvalue weighted by molar-refractivity contribution is -0.159. The summed E-state index contributed by atoms with van der Waals surface area (Å²) in [5, 5.41) is 0.941. The van der Waals surface area contributed by atoms with Gasteiger partial charge in [0.15, 0.2) is 11.7 Å². The molecule has 0 aliphatic carbocycles. The maximum atomic E-state index is 12.6. The number of para-hydroxylation sites is 1. The van der Waals surface area contributed by atoms with Crippen LogP contribution in [-0.2, 0) is 19.1 Å². The largest absolute Gasteiger partial charge is 0.455 e. The zero-order valence-electron chi connectivity index (χ0n) is 16.9. The van der Waals surface area contributed by atoms with Gasteiger partial charge in [0, 0.05) is 26.2 Å². The van der Waals surface area contributed by atoms with Crippen LogP contribution < -0.4 is 4.90 Å². The van der Waals surface area contributed by atoms with Crippen molar-refractivity contribution in [3.05, 3.63) is 24.3 Å². The smallest absolute Gasteiger partial charge is 0.311 e. The van der Waals surface area contributed by atoms with Crippen molar-refractivity contribution < 1.29 is 19.1 Å². The minimum atomic E-state index is -0.293. The Morgan fingerprint density at radius 1 is 1.21 bits per heavy atom. The quantitative estimate of drug-likeness (QED) is 0.713. The van der Waals surface area contributed by atoms with Gasteiger partial charge in [0.2, 0.25) is 0 Å². The number of morpholine rings is 1. The number of nitrogens with zero attached hydrogens (tertiary/aromatic N) is 3. The Morgan fingerprint density at radius 3 is 2.72 bits per heavy atom. The Kier molecular flexibility index (Phi) is 6.01. The molecule has 4 rings (SSSR count). The number of anilines is 1. The Balaban J connectivity index is 1.32. The fraction of sp³-hybridized carbons (Fsp3) is 0.571. The number of benzene rings is 1. The molecular formula is C21H27N3O4S. The minimum absolute atomic E-state index is 0.000821. The van der Waals surface area contributed by atoms with Crippen molar-refractivity contribution in [3.63, 3.8) is 0 Å². The number of rotatable bonds is 4. The number of fused-ring (bicyclic) bond motifs is 1. The summed E-state index contributed by atoms with van der Waals surface area (Å²) in [6, 6.07) is 8.05. The molecule has 1 aromatic heterocycles. The molecule has 7 nitrogen and oxygen atoms in total. The molecule has 2 saturated heterocycles. The topological polar surface area (TPSA) is 72.0 Å². The van der Waals surface area contributed by atoms with E-state index in [0.717, 1.165) is 34.7 Å². The van der Waals surface area contributed by atoms with Crippen LogP contribution in [0.25, 0.3) is 10.2 Å². The van der Waals surface area contributed by atoms with Gasteiger partial charge in [0.1, 0.15) is 0 Å². The van der Waals surface area contributed by atoms with E-state index in [1.54, 1.807) is 16.2 Å². The van der Waals surface area contributed by atoms with Crippen molar-refractivity contribution in [2.75, 3.05) is 37.7 Å². The number of ether oxygens (including phenoxy) is 2. The molecule has 1 aromatic carbocycles. The Hall–Kier alpha value is -2.19. The Morgan fingerprint density at radius 2 is 1.97 bits per heavy atom. The van der Waals surface area contributed by atoms with E-state index >= 15 is 0 Å². The predicted molar refractivity (Wildman–Crippen MR) is 112 cm³/mol. The number of hydrogen-bond donors (Lipinski definition) is 0. The highest BCUT2D eigenvalue weighted by atomic mass is 32.1. The minimum Gasteiger partial charge on any atom is -0.455 e. The Bertz CT molecular complexity index is 843. The first-order valence-corrected chi connectivity index (χ1v) is 11.0. The van der Waals surface area contributed by atoms with E-state index in [4.69, 9.17) is 14.5 Å². The molecule has 3 heterocycles. The molecule has 1 amide bonds. The molecule has 2 aliphatic rings. The molecule has 2 fully saturated rings. The fourth-order valence-corrected chi connectivity index (χ4v) is 5.06. The number of piperidine rings is 1. The number of aromatic nitrogens is 1. The number of carbonyl (C=O) groups is 2. The van der Waals surface area contributed by atoms with Crippen LogP contribution in [0, 0.1) is 5.92 Å². The molecule has 156 valence electrons. The molecule has 0 bridgehead atoms. The third-order valence-corrected chi connectivity index (χ3v) is 6.52. The zero-order valence-corrected chi connectivity index (χ0v) is 17.7. The molecule has 2 aromatic rings. The standard InChI is InChI=1S/C21H27N3O4S/c1-14-10-24(11-15(2)28-14)19(25)13-27-20(26)16-6-5-9-23(12-16)21-22-17-7-3-4-8-18(17)29-21/h3-4,7-8,14-16H,5-6,9-13H2,1-2H3. The molecule has 0 saturated carbocycles. The van der Waals surface area contributed by atoms with E-state index in [-0.39, 0.29) is 36.6 Å². The van der Waals surface area contributed by atoms with Crippen LogP contribution >= 0.6 is 11.3 Å². The summed E-state index contributed by atoms with van der Waals surface area (Å²) >= 11 is 1.65. The van der Waals surface area contributed by atoms with Gasteiger partial charge >= 0.3 is 5.97 Å². The first-order chi connectivity index (χ1) is 14.0. The van der Waals surface area contributed by atoms with Gasteiger partial charge < -0.3 is 19.3 Å². The van der Waals surface area contributed by atoms with Gasteiger partial charge in [-0.1, -0.05) is 23.5 Å². The average Bonchev–Trinajstić information content (AvgIpc) is 3.15. The Labute approximate surface area is 174 Å². The maximum Gasteiger partial charge on any atom is 0.311 e. The lowest BCUT2D eigenvalue weighted by Crippen LogP contribution is -2.49. The molecule has 0 spiro atoms. The normalized spacial score (nSPS) is 25.2. The van der Waals surface area contributed by atoms with Crippen molar-refractivity contribution in [2.45, 2.75) is 38.9 Å². The number of thiazole rings is 1. The fourth-order valence-electron chi connectivity index (χ4n) is 4.06. The lowest BCUT2D eigenvalue weighted by atomic mass is 9.99. The van der Waals surface area contributed by atoms with Gasteiger partial charge in [0.05, 0.1) is 28.3 Å². The first kappa shape index (κ1) is 20.1. The zero-order chi connectivity index (χ0) is 20.4. The van der Waals surface area contributed by atoms with Gasteiger partial charge in [-0.25, -0.2) is 4.98 Å². The molecule has 0 N–H and O–H groups in total. The second-order valence-corrected chi connectivity index (χ2v) is 8.92. The van der Waals surface area contributed by atoms with Crippen molar-refractivity contribution >= 4 is 38.6 Å². The monoisotopic (exact) mass is 417 g/mol. The second-order valence-electron chi connectivity index (χ2n) is 7.91. The summed E-state index contributed by atoms with van der Waals surface area (Å²) in [5.74, 6) is -0.677. The number of amides is 1. The second kappa shape index (κ2) is 8.67. The van der Waals surface area contributed by atoms with E-state index in [0.29, 0.717) is 19.6 Å². The predicted octanol–water partition coefficient (Wildman–Crippen LogP) is 2.69. The van der Waals surface area contributed by atoms with Crippen LogP contribution in [0.3, 0.4) is 0 Å². The first-order valence-electron chi connectivity index (χ1n) is 10.2. The van der Waals surface area contributed by atoms with Gasteiger partial charge in [-0.05, 0) is 38.8 Å². The maximum absolute atomic E-state index is 12.6. The summed E-state index contributed by atoms with van der Waals surface area (Å²) in [5.41, 5.74) is 0.983. The van der Waals surface area contributed by atoms with Crippen LogP contribution in [0.15, 0.2) is 24.3 Å². The summed E-state index contributed by atoms with van der Waals surface area (Å²) in [6.45, 7) is 6.23. The van der Waals surface area contributed by atoms with Gasteiger partial charge in [-0.3, -0.25) is 9.59 Å². The van der Waals surface area contributed by atoms with Gasteiger partial charge in [0.25, 0.3) is 5.91 Å². The average molecular weight is 418 g/mol. The van der Waals surface area contributed by atoms with E-state index in [1.807, 2.05) is 32.0 Å². The van der Waals surface area contributed by atoms with Gasteiger partial charge in [-0.15, -0.1) is 0 Å². The molecule has 3 unspecified atom stereocenters. The van der Waals surface area contributed by atoms with Crippen LogP contribution in [0.2, 0.25) is 0 Å². The highest BCUT2D eigenvalue weighted by Crippen LogP contribution is 2.31. The molecule has 29 heavy (non-hydrogen) atoms. The summed E-state index contributed by atoms with van der Waals surface area (Å²) in [6.07, 6.45) is 1.68. The summed E-state index contributed by atoms with van der Waals surface area (Å²) in [7, 11) is 0. The molecule has 2 aliphatic heterocycles. The van der Waals surface area contributed by atoms with Crippen LogP contribution in [0.5, 0.6) is 0 Å². The van der Waals surface area contributed by atoms with Gasteiger partial charge in [-0.2, -0.15) is 0 Å². The molecular weight excluding hydrogens is 390 g/mol. The number of carbonyl (C=O) groups excluding carboxylic acids is 2. The lowest BCUT2D eigenvalue weighted by Gasteiger charge is -2.35. The molecule has 3 atom stereocenters. The van der Waals surface area contributed by atoms with Crippen LogP contribution in [0.4, 0.5) is 5.13 Å². The highest BCUT2D eigenvalue weighted by molar-refractivity contribution is 7.22. The molecule has 8 heteroatoms. The number of hydrogen-bond acceptors (Lipinski definition) is 7. The third kappa shape index (κ3) is 4.70. The highest BCUT2D eigenvalue weighted by Gasteiger charge is 2.30. The van der Waals surface area contributed by atoms with E-state index in [9.17, 15) is 9.59 Å². The third-order valence-electron chi connectivity index (χ3n) is 5.42. The van der Waals surface area contributed by atoms with Crippen molar-refractivity contribution in [2.24, 2.45) is 5.92 Å². The van der Waals surface area contributed by atoms with Crippen LogP contribution in [-0.4, -0.2) is 66.8 Å². The van der Waals surface area contributed by atoms with E-state index < -0.39 is 0 Å². The SMILES string of the molecule is CC1CN(C(=O)COC(=O)C2CCCN(c3nc4ccccc4s3)C2)CC(C)O1. The van der Waals surface area contributed by atoms with E-state index in [2.05, 4.69) is 11.0 Å². The van der Waals surface area contributed by atoms with Crippen molar-refractivity contribution in [1.29, 1.82) is 0 Å².